The second-order valence-corrected chi connectivity index (χ2v) is 5.51. The van der Waals surface area contributed by atoms with Crippen molar-refractivity contribution in [2.45, 2.75) is 25.4 Å². The second-order valence-electron chi connectivity index (χ2n) is 4.53. The lowest BCUT2D eigenvalue weighted by atomic mass is 10.0. The lowest BCUT2D eigenvalue weighted by Gasteiger charge is -2.15. The Morgan fingerprint density at radius 2 is 1.95 bits per heavy atom. The summed E-state index contributed by atoms with van der Waals surface area (Å²) in [6.45, 7) is 1.98. The molecule has 1 heterocycles. The highest BCUT2D eigenvalue weighted by Gasteiger charge is 2.14. The fourth-order valence-corrected chi connectivity index (χ4v) is 2.66. The van der Waals surface area contributed by atoms with Crippen molar-refractivity contribution in [3.05, 3.63) is 58.3 Å². The molecule has 20 heavy (non-hydrogen) atoms. The molecule has 2 rings (SSSR count). The van der Waals surface area contributed by atoms with Gasteiger partial charge in [0.2, 0.25) is 5.91 Å². The number of amides is 1. The summed E-state index contributed by atoms with van der Waals surface area (Å²) in [5.41, 5.74) is 7.02. The van der Waals surface area contributed by atoms with Crippen LogP contribution >= 0.6 is 23.7 Å². The fourth-order valence-electron chi connectivity index (χ4n) is 1.93. The van der Waals surface area contributed by atoms with E-state index in [-0.39, 0.29) is 30.4 Å². The van der Waals surface area contributed by atoms with Crippen molar-refractivity contribution in [3.8, 4) is 0 Å². The van der Waals surface area contributed by atoms with Crippen LogP contribution in [0.4, 0.5) is 0 Å². The van der Waals surface area contributed by atoms with Crippen molar-refractivity contribution >= 4 is 29.7 Å². The monoisotopic (exact) mass is 310 g/mol. The zero-order valence-corrected chi connectivity index (χ0v) is 12.9. The van der Waals surface area contributed by atoms with Gasteiger partial charge >= 0.3 is 0 Å². The van der Waals surface area contributed by atoms with Gasteiger partial charge in [0.1, 0.15) is 0 Å². The highest BCUT2D eigenvalue weighted by atomic mass is 35.5. The van der Waals surface area contributed by atoms with Gasteiger partial charge < -0.3 is 11.1 Å². The number of hydrogen-bond acceptors (Lipinski definition) is 3. The fraction of sp³-hybridized carbons (Fsp3) is 0.267. The maximum Gasteiger partial charge on any atom is 0.222 e. The van der Waals surface area contributed by atoms with Crippen LogP contribution in [0.5, 0.6) is 0 Å². The molecule has 1 aromatic heterocycles. The summed E-state index contributed by atoms with van der Waals surface area (Å²) in [5.74, 6) is -0.0164. The Balaban J connectivity index is 0.00000200. The molecule has 0 fully saturated rings. The van der Waals surface area contributed by atoms with Gasteiger partial charge in [-0.1, -0.05) is 36.4 Å². The van der Waals surface area contributed by atoms with Crippen molar-refractivity contribution in [3.63, 3.8) is 0 Å². The number of carbonyl (C=O) groups excluding carboxylic acids is 1. The molecule has 1 aromatic carbocycles. The van der Waals surface area contributed by atoms with E-state index in [1.807, 2.05) is 54.8 Å². The van der Waals surface area contributed by atoms with Gasteiger partial charge in [-0.2, -0.15) is 0 Å². The first-order chi connectivity index (χ1) is 9.16. The summed E-state index contributed by atoms with van der Waals surface area (Å²) in [4.78, 5) is 13.1. The summed E-state index contributed by atoms with van der Waals surface area (Å²) in [6, 6.07) is 13.5. The van der Waals surface area contributed by atoms with Crippen LogP contribution in [0.3, 0.4) is 0 Å². The number of benzene rings is 1. The van der Waals surface area contributed by atoms with Gasteiger partial charge in [-0.15, -0.1) is 23.7 Å². The number of thiophene rings is 1. The highest BCUT2D eigenvalue weighted by Crippen LogP contribution is 2.19. The van der Waals surface area contributed by atoms with E-state index < -0.39 is 0 Å². The van der Waals surface area contributed by atoms with Crippen LogP contribution in [-0.2, 0) is 4.79 Å². The Morgan fingerprint density at radius 3 is 2.55 bits per heavy atom. The molecule has 0 spiro atoms. The lowest BCUT2D eigenvalue weighted by Crippen LogP contribution is -2.29. The number of nitrogens with one attached hydrogen (secondary N) is 1. The molecule has 5 heteroatoms. The Hall–Kier alpha value is -1.36. The number of rotatable bonds is 5. The summed E-state index contributed by atoms with van der Waals surface area (Å²) < 4.78 is 0. The second kappa shape index (κ2) is 8.04. The third kappa shape index (κ3) is 4.63. The average Bonchev–Trinajstić information content (AvgIpc) is 2.93. The molecule has 0 saturated heterocycles. The summed E-state index contributed by atoms with van der Waals surface area (Å²) in [5, 5.41) is 4.98. The maximum atomic E-state index is 11.9. The Kier molecular flexibility index (Phi) is 6.71. The van der Waals surface area contributed by atoms with E-state index in [0.29, 0.717) is 6.42 Å². The summed E-state index contributed by atoms with van der Waals surface area (Å²) in [7, 11) is 0. The zero-order chi connectivity index (χ0) is 13.7. The van der Waals surface area contributed by atoms with Gasteiger partial charge in [-0.05, 0) is 23.9 Å². The van der Waals surface area contributed by atoms with E-state index in [0.717, 1.165) is 10.4 Å². The van der Waals surface area contributed by atoms with Gasteiger partial charge in [0, 0.05) is 17.3 Å². The van der Waals surface area contributed by atoms with Crippen molar-refractivity contribution in [2.24, 2.45) is 5.73 Å². The molecule has 2 atom stereocenters. The molecule has 0 aliphatic rings. The van der Waals surface area contributed by atoms with E-state index in [4.69, 9.17) is 5.73 Å². The molecule has 2 aromatic rings. The Bertz CT molecular complexity index is 516. The first-order valence-electron chi connectivity index (χ1n) is 6.30. The van der Waals surface area contributed by atoms with Crippen molar-refractivity contribution in [1.82, 2.24) is 5.32 Å². The van der Waals surface area contributed by atoms with E-state index in [2.05, 4.69) is 5.32 Å². The smallest absolute Gasteiger partial charge is 0.222 e. The summed E-state index contributed by atoms with van der Waals surface area (Å²) >= 11 is 1.64. The van der Waals surface area contributed by atoms with Crippen LogP contribution in [0, 0.1) is 0 Å². The molecule has 1 amide bonds. The largest absolute Gasteiger partial charge is 0.349 e. The molecular weight excluding hydrogens is 292 g/mol. The number of hydrogen-bond donors (Lipinski definition) is 2. The van der Waals surface area contributed by atoms with Crippen LogP contribution in [0.2, 0.25) is 0 Å². The van der Waals surface area contributed by atoms with Gasteiger partial charge in [-0.3, -0.25) is 4.79 Å². The van der Waals surface area contributed by atoms with E-state index in [1.54, 1.807) is 11.3 Å². The molecule has 0 saturated carbocycles. The molecular formula is C15H19ClN2OS. The quantitative estimate of drug-likeness (QED) is 0.889. The van der Waals surface area contributed by atoms with Crippen molar-refractivity contribution in [1.29, 1.82) is 0 Å². The van der Waals surface area contributed by atoms with Gasteiger partial charge in [-0.25, -0.2) is 0 Å². The normalized spacial score (nSPS) is 13.1. The average molecular weight is 311 g/mol. The molecule has 0 aliphatic heterocycles. The van der Waals surface area contributed by atoms with Crippen molar-refractivity contribution < 1.29 is 4.79 Å². The minimum atomic E-state index is -0.253. The van der Waals surface area contributed by atoms with Crippen LogP contribution in [-0.4, -0.2) is 5.91 Å². The van der Waals surface area contributed by atoms with E-state index in [1.165, 1.54) is 0 Å². The molecule has 3 nitrogen and oxygen atoms in total. The topological polar surface area (TPSA) is 55.1 Å². The minimum absolute atomic E-state index is 0. The predicted octanol–water partition coefficient (Wildman–Crippen LogP) is 3.44. The Morgan fingerprint density at radius 1 is 1.25 bits per heavy atom. The maximum absolute atomic E-state index is 11.9. The van der Waals surface area contributed by atoms with E-state index >= 15 is 0 Å². The zero-order valence-electron chi connectivity index (χ0n) is 11.3. The number of nitrogens with two attached hydrogens (primary N) is 1. The standard InChI is InChI=1S/C15H18N2OS.ClH/c1-11(14-8-5-9-19-14)17-15(18)10-13(16)12-6-3-2-4-7-12;/h2-9,11,13H,10,16H2,1H3,(H,17,18);1H. The molecule has 0 bridgehead atoms. The lowest BCUT2D eigenvalue weighted by molar-refractivity contribution is -0.122. The number of carbonyl (C=O) groups is 1. The van der Waals surface area contributed by atoms with Crippen LogP contribution in [0.25, 0.3) is 0 Å². The van der Waals surface area contributed by atoms with Gasteiger partial charge in [0.05, 0.1) is 6.04 Å². The predicted molar refractivity (Wildman–Crippen MR) is 86.1 cm³/mol. The minimum Gasteiger partial charge on any atom is -0.349 e. The van der Waals surface area contributed by atoms with Crippen molar-refractivity contribution in [2.75, 3.05) is 0 Å². The molecule has 2 unspecified atom stereocenters. The third-order valence-electron chi connectivity index (χ3n) is 2.98. The molecule has 3 N–H and O–H groups in total. The summed E-state index contributed by atoms with van der Waals surface area (Å²) in [6.07, 6.45) is 0.305. The molecule has 0 radical (unpaired) electrons. The first-order valence-corrected chi connectivity index (χ1v) is 7.18. The van der Waals surface area contributed by atoms with Crippen LogP contribution < -0.4 is 11.1 Å². The number of halogens is 1. The van der Waals surface area contributed by atoms with E-state index in [9.17, 15) is 4.79 Å². The first kappa shape index (κ1) is 16.7. The third-order valence-corrected chi connectivity index (χ3v) is 4.04. The van der Waals surface area contributed by atoms with Crippen LogP contribution in [0.1, 0.15) is 35.9 Å². The SMILES string of the molecule is CC(NC(=O)CC(N)c1ccccc1)c1cccs1.Cl. The Labute approximate surface area is 129 Å². The van der Waals surface area contributed by atoms with Gasteiger partial charge in [0.25, 0.3) is 0 Å². The molecule has 108 valence electrons. The molecule has 0 aliphatic carbocycles. The highest BCUT2D eigenvalue weighted by molar-refractivity contribution is 7.10. The van der Waals surface area contributed by atoms with Gasteiger partial charge in [0.15, 0.2) is 0 Å². The van der Waals surface area contributed by atoms with Crippen LogP contribution in [0.15, 0.2) is 47.8 Å².